The number of carbonyl (C=O) groups excluding carboxylic acids is 1. The second kappa shape index (κ2) is 9.39. The fraction of sp³-hybridized carbons (Fsp3) is 0.737. The van der Waals surface area contributed by atoms with Crippen LogP contribution in [0.1, 0.15) is 56.3 Å². The molecule has 2 aliphatic heterocycles. The highest BCUT2D eigenvalue weighted by Crippen LogP contribution is 2.36. The van der Waals surface area contributed by atoms with Gasteiger partial charge in [0.25, 0.3) is 5.91 Å². The molecule has 0 atom stereocenters. The number of ether oxygens (including phenoxy) is 1. The summed E-state index contributed by atoms with van der Waals surface area (Å²) in [6, 6.07) is 0. The number of hydroxylamine groups is 1. The number of piperidine rings is 1. The lowest BCUT2D eigenvalue weighted by Gasteiger charge is -2.40. The molecule has 1 amide bonds. The SMILES string of the molecule is CC(F)(F)CCc1cnc(C2CCN(S(=O)(=O)C3(C(=O)NO)CCOCC3)CC2)cn1. The summed E-state index contributed by atoms with van der Waals surface area (Å²) in [5.41, 5.74) is 2.69. The van der Waals surface area contributed by atoms with E-state index in [1.54, 1.807) is 6.20 Å². The lowest BCUT2D eigenvalue weighted by molar-refractivity contribution is -0.134. The number of nitrogens with one attached hydrogen (secondary N) is 1. The zero-order valence-corrected chi connectivity index (χ0v) is 18.2. The second-order valence-electron chi connectivity index (χ2n) is 8.23. The van der Waals surface area contributed by atoms with E-state index in [1.807, 2.05) is 0 Å². The number of halogens is 2. The van der Waals surface area contributed by atoms with Crippen molar-refractivity contribution in [3.63, 3.8) is 0 Å². The van der Waals surface area contributed by atoms with Gasteiger partial charge in [0.1, 0.15) is 0 Å². The maximum Gasteiger partial charge on any atom is 0.266 e. The normalized spacial score (nSPS) is 21.0. The van der Waals surface area contributed by atoms with E-state index in [-0.39, 0.29) is 57.9 Å². The molecule has 12 heteroatoms. The number of rotatable bonds is 7. The van der Waals surface area contributed by atoms with Gasteiger partial charge >= 0.3 is 0 Å². The van der Waals surface area contributed by atoms with Gasteiger partial charge in [-0.1, -0.05) is 0 Å². The first-order valence-electron chi connectivity index (χ1n) is 10.3. The van der Waals surface area contributed by atoms with Crippen molar-refractivity contribution in [2.24, 2.45) is 0 Å². The van der Waals surface area contributed by atoms with Crippen molar-refractivity contribution in [1.82, 2.24) is 19.8 Å². The molecule has 174 valence electrons. The van der Waals surface area contributed by atoms with Crippen molar-refractivity contribution in [2.45, 2.75) is 62.0 Å². The Labute approximate surface area is 180 Å². The van der Waals surface area contributed by atoms with E-state index in [2.05, 4.69) is 9.97 Å². The number of nitrogens with zero attached hydrogens (tertiary/aromatic N) is 3. The van der Waals surface area contributed by atoms with Gasteiger partial charge in [-0.25, -0.2) is 27.0 Å². The highest BCUT2D eigenvalue weighted by molar-refractivity contribution is 7.91. The van der Waals surface area contributed by atoms with Crippen LogP contribution < -0.4 is 5.48 Å². The van der Waals surface area contributed by atoms with E-state index < -0.39 is 26.6 Å². The van der Waals surface area contributed by atoms with Crippen LogP contribution in [0.5, 0.6) is 0 Å². The molecule has 2 aliphatic rings. The fourth-order valence-corrected chi connectivity index (χ4v) is 6.24. The molecule has 0 aromatic carbocycles. The van der Waals surface area contributed by atoms with Crippen LogP contribution in [-0.2, 0) is 26.0 Å². The molecule has 31 heavy (non-hydrogen) atoms. The van der Waals surface area contributed by atoms with Crippen LogP contribution in [0.3, 0.4) is 0 Å². The molecule has 2 fully saturated rings. The fourth-order valence-electron chi connectivity index (χ4n) is 4.10. The van der Waals surface area contributed by atoms with Gasteiger partial charge in [0.15, 0.2) is 4.75 Å². The van der Waals surface area contributed by atoms with Crippen LogP contribution >= 0.6 is 0 Å². The summed E-state index contributed by atoms with van der Waals surface area (Å²) in [7, 11) is -4.02. The summed E-state index contributed by atoms with van der Waals surface area (Å²) in [5.74, 6) is -3.71. The minimum Gasteiger partial charge on any atom is -0.381 e. The topological polar surface area (TPSA) is 122 Å². The Kier molecular flexibility index (Phi) is 7.24. The van der Waals surface area contributed by atoms with Crippen LogP contribution in [0.15, 0.2) is 12.4 Å². The number of alkyl halides is 2. The van der Waals surface area contributed by atoms with Crippen molar-refractivity contribution < 1.29 is 31.9 Å². The largest absolute Gasteiger partial charge is 0.381 e. The first-order valence-corrected chi connectivity index (χ1v) is 11.7. The second-order valence-corrected chi connectivity index (χ2v) is 10.5. The Bertz CT molecular complexity index is 862. The predicted molar refractivity (Wildman–Crippen MR) is 106 cm³/mol. The van der Waals surface area contributed by atoms with Crippen molar-refractivity contribution in [3.05, 3.63) is 23.8 Å². The van der Waals surface area contributed by atoms with Crippen LogP contribution in [0.4, 0.5) is 8.78 Å². The number of hydrogen-bond donors (Lipinski definition) is 2. The quantitative estimate of drug-likeness (QED) is 0.467. The van der Waals surface area contributed by atoms with Gasteiger partial charge < -0.3 is 4.74 Å². The highest BCUT2D eigenvalue weighted by Gasteiger charge is 2.54. The molecule has 0 saturated carbocycles. The third-order valence-electron chi connectivity index (χ3n) is 6.07. The minimum absolute atomic E-state index is 0.0158. The highest BCUT2D eigenvalue weighted by atomic mass is 32.2. The zero-order valence-electron chi connectivity index (χ0n) is 17.4. The number of amides is 1. The van der Waals surface area contributed by atoms with Crippen molar-refractivity contribution in [2.75, 3.05) is 26.3 Å². The number of aryl methyl sites for hydroxylation is 1. The Hall–Kier alpha value is -1.76. The van der Waals surface area contributed by atoms with E-state index in [1.165, 1.54) is 16.0 Å². The smallest absolute Gasteiger partial charge is 0.266 e. The maximum absolute atomic E-state index is 13.3. The van der Waals surface area contributed by atoms with E-state index in [9.17, 15) is 22.0 Å². The van der Waals surface area contributed by atoms with Gasteiger partial charge in [-0.05, 0) is 26.2 Å². The van der Waals surface area contributed by atoms with Crippen molar-refractivity contribution in [3.8, 4) is 0 Å². The van der Waals surface area contributed by atoms with E-state index in [0.717, 1.165) is 6.92 Å². The molecule has 2 saturated heterocycles. The van der Waals surface area contributed by atoms with Gasteiger partial charge in [-0.15, -0.1) is 0 Å². The van der Waals surface area contributed by atoms with Crippen LogP contribution in [-0.4, -0.2) is 70.8 Å². The summed E-state index contributed by atoms with van der Waals surface area (Å²) in [6.45, 7) is 1.52. The molecule has 1 aromatic rings. The molecule has 2 N–H and O–H groups in total. The molecule has 3 rings (SSSR count). The van der Waals surface area contributed by atoms with Gasteiger partial charge in [-0.3, -0.25) is 20.0 Å². The molecule has 0 unspecified atom stereocenters. The molecule has 9 nitrogen and oxygen atoms in total. The zero-order chi connectivity index (χ0) is 22.7. The lowest BCUT2D eigenvalue weighted by Crippen LogP contribution is -2.60. The molecular formula is C19H28F2N4O5S. The Morgan fingerprint density at radius 3 is 2.45 bits per heavy atom. The van der Waals surface area contributed by atoms with E-state index >= 15 is 0 Å². The average molecular weight is 463 g/mol. The summed E-state index contributed by atoms with van der Waals surface area (Å²) in [5, 5.41) is 9.13. The summed E-state index contributed by atoms with van der Waals surface area (Å²) >= 11 is 0. The van der Waals surface area contributed by atoms with Gasteiger partial charge in [0.05, 0.1) is 11.4 Å². The third-order valence-corrected chi connectivity index (χ3v) is 8.69. The molecule has 0 aliphatic carbocycles. The van der Waals surface area contributed by atoms with Gasteiger partial charge in [-0.2, -0.15) is 0 Å². The molecule has 3 heterocycles. The Morgan fingerprint density at radius 1 is 1.29 bits per heavy atom. The van der Waals surface area contributed by atoms with Crippen LogP contribution in [0.25, 0.3) is 0 Å². The van der Waals surface area contributed by atoms with E-state index in [0.29, 0.717) is 24.2 Å². The Balaban J connectivity index is 1.65. The Morgan fingerprint density at radius 2 is 1.94 bits per heavy atom. The molecule has 0 spiro atoms. The van der Waals surface area contributed by atoms with Crippen molar-refractivity contribution in [1.29, 1.82) is 0 Å². The number of sulfonamides is 1. The molecule has 1 aromatic heterocycles. The minimum atomic E-state index is -4.02. The van der Waals surface area contributed by atoms with Crippen LogP contribution in [0.2, 0.25) is 0 Å². The summed E-state index contributed by atoms with van der Waals surface area (Å²) in [4.78, 5) is 20.9. The summed E-state index contributed by atoms with van der Waals surface area (Å²) in [6.07, 6.45) is 3.83. The first-order chi connectivity index (χ1) is 14.6. The summed E-state index contributed by atoms with van der Waals surface area (Å²) < 4.78 is 57.4. The maximum atomic E-state index is 13.3. The first kappa shape index (κ1) is 23.9. The molecular weight excluding hydrogens is 434 g/mol. The average Bonchev–Trinajstić information content (AvgIpc) is 2.77. The molecule has 0 bridgehead atoms. The number of carbonyl (C=O) groups is 1. The van der Waals surface area contributed by atoms with Gasteiger partial charge in [0, 0.05) is 63.9 Å². The van der Waals surface area contributed by atoms with Gasteiger partial charge in [0.2, 0.25) is 15.9 Å². The third kappa shape index (κ3) is 5.18. The van der Waals surface area contributed by atoms with Crippen molar-refractivity contribution >= 4 is 15.9 Å². The number of hydrogen-bond acceptors (Lipinski definition) is 7. The van der Waals surface area contributed by atoms with Crippen LogP contribution in [0, 0.1) is 0 Å². The standard InChI is InChI=1S/C19H28F2N4O5S/c1-18(20,21)5-2-15-12-23-16(13-22-15)14-3-8-25(9-4-14)31(28,29)19(17(26)24-27)6-10-30-11-7-19/h12-14,27H,2-11H2,1H3,(H,24,26). The van der Waals surface area contributed by atoms with E-state index in [4.69, 9.17) is 9.94 Å². The monoisotopic (exact) mass is 462 g/mol. The lowest BCUT2D eigenvalue weighted by atomic mass is 9.95. The molecule has 0 radical (unpaired) electrons. The number of aromatic nitrogens is 2. The predicted octanol–water partition coefficient (Wildman–Crippen LogP) is 1.63.